The Morgan fingerprint density at radius 3 is 2.38 bits per heavy atom. The molecule has 1 fully saturated rings. The number of carbonyl (C=O) groups is 3. The van der Waals surface area contributed by atoms with Crippen LogP contribution in [0.2, 0.25) is 0 Å². The van der Waals surface area contributed by atoms with E-state index in [0.717, 1.165) is 0 Å². The molecule has 1 rings (SSSR count). The number of nitrogens with zero attached hydrogens (tertiary/aromatic N) is 1. The summed E-state index contributed by atoms with van der Waals surface area (Å²) in [5.74, 6) is -1.43. The van der Waals surface area contributed by atoms with Gasteiger partial charge in [0.25, 0.3) is 0 Å². The Bertz CT molecular complexity index is 502. The van der Waals surface area contributed by atoms with Crippen LogP contribution in [0.5, 0.6) is 0 Å². The van der Waals surface area contributed by atoms with Gasteiger partial charge in [-0.2, -0.15) is 0 Å². The van der Waals surface area contributed by atoms with Crippen molar-refractivity contribution in [3.05, 3.63) is 0 Å². The molecule has 0 aromatic rings. The van der Waals surface area contributed by atoms with Crippen LogP contribution in [0.1, 0.15) is 32.1 Å². The SMILES string of the molecule is O=C(O)CCCCC(=O)NC(=O)N1CCCS(=O)(=O)CC1. The van der Waals surface area contributed by atoms with Crippen molar-refractivity contribution in [2.24, 2.45) is 0 Å². The number of hydrogen-bond donors (Lipinski definition) is 2. The molecular formula is C12H20N2O6S. The Morgan fingerprint density at radius 1 is 1.05 bits per heavy atom. The zero-order valence-electron chi connectivity index (χ0n) is 11.7. The van der Waals surface area contributed by atoms with E-state index >= 15 is 0 Å². The van der Waals surface area contributed by atoms with Crippen LogP contribution in [0, 0.1) is 0 Å². The molecule has 21 heavy (non-hydrogen) atoms. The van der Waals surface area contributed by atoms with Crippen LogP contribution < -0.4 is 5.32 Å². The number of carboxylic acid groups (broad SMARTS) is 1. The fraction of sp³-hybridized carbons (Fsp3) is 0.750. The minimum absolute atomic E-state index is 0.00872. The Kier molecular flexibility index (Phi) is 6.60. The fourth-order valence-corrected chi connectivity index (χ4v) is 3.24. The van der Waals surface area contributed by atoms with Gasteiger partial charge < -0.3 is 10.0 Å². The van der Waals surface area contributed by atoms with E-state index in [0.29, 0.717) is 25.8 Å². The third-order valence-electron chi connectivity index (χ3n) is 3.13. The molecule has 120 valence electrons. The average Bonchev–Trinajstić information content (AvgIpc) is 2.55. The van der Waals surface area contributed by atoms with Gasteiger partial charge >= 0.3 is 12.0 Å². The number of sulfone groups is 1. The second-order valence-electron chi connectivity index (χ2n) is 4.95. The molecular weight excluding hydrogens is 300 g/mol. The first-order chi connectivity index (χ1) is 9.80. The molecule has 0 unspecified atom stereocenters. The summed E-state index contributed by atoms with van der Waals surface area (Å²) in [5, 5.41) is 10.7. The number of unbranched alkanes of at least 4 members (excludes halogenated alkanes) is 1. The number of carboxylic acids is 1. The van der Waals surface area contributed by atoms with Crippen LogP contribution in [0.3, 0.4) is 0 Å². The van der Waals surface area contributed by atoms with Crippen molar-refractivity contribution in [3.63, 3.8) is 0 Å². The van der Waals surface area contributed by atoms with Crippen molar-refractivity contribution in [2.75, 3.05) is 24.6 Å². The molecule has 8 nitrogen and oxygen atoms in total. The zero-order chi connectivity index (χ0) is 15.9. The molecule has 0 spiro atoms. The Balaban J connectivity index is 2.32. The normalized spacial score (nSPS) is 17.8. The van der Waals surface area contributed by atoms with Gasteiger partial charge in [-0.25, -0.2) is 13.2 Å². The molecule has 2 N–H and O–H groups in total. The van der Waals surface area contributed by atoms with E-state index in [1.165, 1.54) is 4.90 Å². The van der Waals surface area contributed by atoms with Crippen molar-refractivity contribution in [2.45, 2.75) is 32.1 Å². The molecule has 1 aliphatic heterocycles. The molecule has 0 aliphatic carbocycles. The molecule has 3 amide bonds. The third-order valence-corrected chi connectivity index (χ3v) is 4.85. The second-order valence-corrected chi connectivity index (χ2v) is 7.25. The van der Waals surface area contributed by atoms with Crippen molar-refractivity contribution in [1.82, 2.24) is 10.2 Å². The first kappa shape index (κ1) is 17.4. The van der Waals surface area contributed by atoms with E-state index in [1.807, 2.05) is 0 Å². The van der Waals surface area contributed by atoms with Crippen LogP contribution in [0.4, 0.5) is 4.79 Å². The highest BCUT2D eigenvalue weighted by Gasteiger charge is 2.23. The van der Waals surface area contributed by atoms with E-state index in [2.05, 4.69) is 5.32 Å². The predicted molar refractivity (Wildman–Crippen MR) is 74.5 cm³/mol. The lowest BCUT2D eigenvalue weighted by atomic mass is 10.2. The lowest BCUT2D eigenvalue weighted by molar-refractivity contribution is -0.137. The summed E-state index contributed by atoms with van der Waals surface area (Å²) in [5.41, 5.74) is 0. The minimum Gasteiger partial charge on any atom is -0.481 e. The molecule has 1 aliphatic rings. The van der Waals surface area contributed by atoms with Crippen LogP contribution in [-0.2, 0) is 19.4 Å². The number of rotatable bonds is 5. The highest BCUT2D eigenvalue weighted by molar-refractivity contribution is 7.91. The summed E-state index contributed by atoms with van der Waals surface area (Å²) in [7, 11) is -3.10. The van der Waals surface area contributed by atoms with Gasteiger partial charge in [0, 0.05) is 25.9 Å². The van der Waals surface area contributed by atoms with Crippen molar-refractivity contribution in [1.29, 1.82) is 0 Å². The first-order valence-electron chi connectivity index (χ1n) is 6.81. The van der Waals surface area contributed by atoms with E-state index in [9.17, 15) is 22.8 Å². The number of nitrogens with one attached hydrogen (secondary N) is 1. The summed E-state index contributed by atoms with van der Waals surface area (Å²) in [6.07, 6.45) is 1.19. The third kappa shape index (κ3) is 7.07. The van der Waals surface area contributed by atoms with E-state index < -0.39 is 27.7 Å². The van der Waals surface area contributed by atoms with Crippen molar-refractivity contribution in [3.8, 4) is 0 Å². The molecule has 0 bridgehead atoms. The summed E-state index contributed by atoms with van der Waals surface area (Å²) < 4.78 is 22.8. The molecule has 0 aromatic carbocycles. The largest absolute Gasteiger partial charge is 0.481 e. The van der Waals surface area contributed by atoms with Gasteiger partial charge in [0.05, 0.1) is 11.5 Å². The van der Waals surface area contributed by atoms with Crippen molar-refractivity contribution >= 4 is 27.7 Å². The van der Waals surface area contributed by atoms with Gasteiger partial charge in [-0.1, -0.05) is 0 Å². The van der Waals surface area contributed by atoms with E-state index in [4.69, 9.17) is 5.11 Å². The van der Waals surface area contributed by atoms with Gasteiger partial charge in [-0.05, 0) is 19.3 Å². The smallest absolute Gasteiger partial charge is 0.324 e. The topological polar surface area (TPSA) is 121 Å². The lowest BCUT2D eigenvalue weighted by Gasteiger charge is -2.19. The van der Waals surface area contributed by atoms with E-state index in [1.54, 1.807) is 0 Å². The second kappa shape index (κ2) is 7.96. The van der Waals surface area contributed by atoms with Crippen LogP contribution >= 0.6 is 0 Å². The Hall–Kier alpha value is -1.64. The average molecular weight is 320 g/mol. The molecule has 1 heterocycles. The number of amides is 3. The predicted octanol–water partition coefficient (Wildman–Crippen LogP) is -0.0119. The lowest BCUT2D eigenvalue weighted by Crippen LogP contribution is -2.44. The standard InChI is InChI=1S/C12H20N2O6S/c15-10(4-1-2-5-11(16)17)13-12(18)14-6-3-8-21(19,20)9-7-14/h1-9H2,(H,16,17)(H,13,15,18). The highest BCUT2D eigenvalue weighted by atomic mass is 32.2. The summed E-state index contributed by atoms with van der Waals surface area (Å²) in [6, 6.07) is -0.588. The fourth-order valence-electron chi connectivity index (χ4n) is 1.96. The maximum absolute atomic E-state index is 11.8. The molecule has 0 atom stereocenters. The van der Waals surface area contributed by atoms with Crippen LogP contribution in [0.15, 0.2) is 0 Å². The summed E-state index contributed by atoms with van der Waals surface area (Å²) in [6.45, 7) is 0.387. The highest BCUT2D eigenvalue weighted by Crippen LogP contribution is 2.05. The number of hydrogen-bond acceptors (Lipinski definition) is 5. The number of urea groups is 1. The Labute approximate surface area is 123 Å². The monoisotopic (exact) mass is 320 g/mol. The maximum Gasteiger partial charge on any atom is 0.324 e. The first-order valence-corrected chi connectivity index (χ1v) is 8.63. The minimum atomic E-state index is -3.10. The number of aliphatic carboxylic acids is 1. The van der Waals surface area contributed by atoms with Crippen LogP contribution in [0.25, 0.3) is 0 Å². The molecule has 0 aromatic heterocycles. The van der Waals surface area contributed by atoms with E-state index in [-0.39, 0.29) is 30.9 Å². The number of imide groups is 1. The van der Waals surface area contributed by atoms with Gasteiger partial charge in [-0.3, -0.25) is 14.9 Å². The maximum atomic E-state index is 11.8. The molecule has 9 heteroatoms. The number of carbonyl (C=O) groups excluding carboxylic acids is 2. The molecule has 1 saturated heterocycles. The van der Waals surface area contributed by atoms with Gasteiger partial charge in [-0.15, -0.1) is 0 Å². The summed E-state index contributed by atoms with van der Waals surface area (Å²) >= 11 is 0. The van der Waals surface area contributed by atoms with Gasteiger partial charge in [0.1, 0.15) is 0 Å². The molecule has 0 radical (unpaired) electrons. The summed E-state index contributed by atoms with van der Waals surface area (Å²) in [4.78, 5) is 35.0. The Morgan fingerprint density at radius 2 is 1.71 bits per heavy atom. The van der Waals surface area contributed by atoms with Gasteiger partial charge in [0.15, 0.2) is 9.84 Å². The quantitative estimate of drug-likeness (QED) is 0.687. The van der Waals surface area contributed by atoms with Gasteiger partial charge in [0.2, 0.25) is 5.91 Å². The molecule has 0 saturated carbocycles. The van der Waals surface area contributed by atoms with Crippen molar-refractivity contribution < 1.29 is 27.9 Å². The zero-order valence-corrected chi connectivity index (χ0v) is 12.5. The van der Waals surface area contributed by atoms with Crippen LogP contribution in [-0.4, -0.2) is 60.9 Å².